The zero-order chi connectivity index (χ0) is 14.8. The Hall–Kier alpha value is -2.07. The van der Waals surface area contributed by atoms with Gasteiger partial charge in [0.25, 0.3) is 0 Å². The molecule has 0 aliphatic carbocycles. The number of nitrogens with two attached hydrogens (primary N) is 1. The van der Waals surface area contributed by atoms with E-state index in [1.807, 2.05) is 28.8 Å². The molecule has 0 aliphatic heterocycles. The lowest BCUT2D eigenvalue weighted by molar-refractivity contribution is 0.808. The number of halogens is 1. The quantitative estimate of drug-likeness (QED) is 0.773. The molecule has 21 heavy (non-hydrogen) atoms. The summed E-state index contributed by atoms with van der Waals surface area (Å²) in [5.41, 5.74) is 10.5. The Morgan fingerprint density at radius 2 is 1.90 bits per heavy atom. The summed E-state index contributed by atoms with van der Waals surface area (Å²) >= 11 is 3.59. The summed E-state index contributed by atoms with van der Waals surface area (Å²) in [5.74, 6) is 0.684. The third kappa shape index (κ3) is 2.85. The first-order chi connectivity index (χ1) is 10.1. The second kappa shape index (κ2) is 5.74. The molecule has 2 aromatic carbocycles. The summed E-state index contributed by atoms with van der Waals surface area (Å²) < 4.78 is 2.98. The molecule has 0 saturated heterocycles. The Morgan fingerprint density at radius 3 is 2.62 bits per heavy atom. The van der Waals surface area contributed by atoms with E-state index in [0.717, 1.165) is 22.3 Å². The lowest BCUT2D eigenvalue weighted by Gasteiger charge is -2.07. The van der Waals surface area contributed by atoms with Gasteiger partial charge in [-0.05, 0) is 24.1 Å². The summed E-state index contributed by atoms with van der Waals surface area (Å²) in [6.45, 7) is 2.79. The minimum absolute atomic E-state index is 0.684. The summed E-state index contributed by atoms with van der Waals surface area (Å²) in [4.78, 5) is 4.48. The summed E-state index contributed by atoms with van der Waals surface area (Å²) in [7, 11) is 0. The molecular formula is C17H16BrN3. The molecule has 3 nitrogen and oxygen atoms in total. The second-order valence-electron chi connectivity index (χ2n) is 5.08. The first kappa shape index (κ1) is 13.9. The van der Waals surface area contributed by atoms with E-state index >= 15 is 0 Å². The van der Waals surface area contributed by atoms with Gasteiger partial charge in [0, 0.05) is 10.0 Å². The fourth-order valence-electron chi connectivity index (χ4n) is 2.32. The molecule has 0 unspecified atom stereocenters. The van der Waals surface area contributed by atoms with Crippen LogP contribution in [0.1, 0.15) is 11.1 Å². The summed E-state index contributed by atoms with van der Waals surface area (Å²) in [6, 6.07) is 16.4. The van der Waals surface area contributed by atoms with Gasteiger partial charge in [0.05, 0.1) is 12.9 Å². The molecular weight excluding hydrogens is 326 g/mol. The fraction of sp³-hybridized carbons (Fsp3) is 0.118. The van der Waals surface area contributed by atoms with Crippen LogP contribution in [0.25, 0.3) is 11.3 Å². The van der Waals surface area contributed by atoms with Gasteiger partial charge in [-0.15, -0.1) is 0 Å². The van der Waals surface area contributed by atoms with Crippen LogP contribution in [-0.4, -0.2) is 9.55 Å². The van der Waals surface area contributed by atoms with Crippen molar-refractivity contribution in [2.24, 2.45) is 0 Å². The molecule has 3 rings (SSSR count). The Morgan fingerprint density at radius 1 is 1.14 bits per heavy atom. The van der Waals surface area contributed by atoms with Crippen molar-refractivity contribution in [2.75, 3.05) is 5.73 Å². The van der Waals surface area contributed by atoms with Crippen molar-refractivity contribution in [1.29, 1.82) is 0 Å². The molecule has 4 heteroatoms. The van der Waals surface area contributed by atoms with Crippen LogP contribution in [0.3, 0.4) is 0 Å². The molecule has 3 aromatic rings. The first-order valence-electron chi connectivity index (χ1n) is 6.76. The Bertz CT molecular complexity index is 763. The molecule has 0 saturated carbocycles. The number of rotatable bonds is 3. The van der Waals surface area contributed by atoms with E-state index in [9.17, 15) is 0 Å². The molecule has 0 amide bonds. The predicted molar refractivity (Wildman–Crippen MR) is 90.1 cm³/mol. The molecule has 0 bridgehead atoms. The van der Waals surface area contributed by atoms with Crippen LogP contribution >= 0.6 is 15.9 Å². The minimum Gasteiger partial charge on any atom is -0.383 e. The van der Waals surface area contributed by atoms with Crippen molar-refractivity contribution in [3.63, 3.8) is 0 Å². The number of hydrogen-bond donors (Lipinski definition) is 1. The maximum absolute atomic E-state index is 6.27. The number of anilines is 1. The van der Waals surface area contributed by atoms with Gasteiger partial charge >= 0.3 is 0 Å². The zero-order valence-corrected chi connectivity index (χ0v) is 13.3. The molecule has 0 atom stereocenters. The van der Waals surface area contributed by atoms with Crippen molar-refractivity contribution in [3.8, 4) is 11.3 Å². The molecule has 1 aromatic heterocycles. The van der Waals surface area contributed by atoms with E-state index < -0.39 is 0 Å². The summed E-state index contributed by atoms with van der Waals surface area (Å²) in [5, 5.41) is 0. The van der Waals surface area contributed by atoms with Crippen molar-refractivity contribution >= 4 is 21.7 Å². The third-order valence-electron chi connectivity index (χ3n) is 3.45. The van der Waals surface area contributed by atoms with Crippen LogP contribution in [-0.2, 0) is 6.54 Å². The van der Waals surface area contributed by atoms with Gasteiger partial charge in [-0.3, -0.25) is 0 Å². The van der Waals surface area contributed by atoms with Crippen molar-refractivity contribution < 1.29 is 0 Å². The number of nitrogen functional groups attached to an aromatic ring is 1. The number of aryl methyl sites for hydroxylation is 1. The van der Waals surface area contributed by atoms with Crippen LogP contribution in [0.2, 0.25) is 0 Å². The first-order valence-corrected chi connectivity index (χ1v) is 7.55. The van der Waals surface area contributed by atoms with Gasteiger partial charge in [0.15, 0.2) is 0 Å². The van der Waals surface area contributed by atoms with Crippen LogP contribution in [0, 0.1) is 6.92 Å². The molecule has 0 spiro atoms. The van der Waals surface area contributed by atoms with Gasteiger partial charge in [0.2, 0.25) is 0 Å². The fourth-order valence-corrected chi connectivity index (χ4v) is 3.00. The number of aromatic nitrogens is 2. The maximum atomic E-state index is 6.27. The predicted octanol–water partition coefficient (Wildman–Crippen LogP) is 4.25. The van der Waals surface area contributed by atoms with E-state index in [1.54, 1.807) is 6.33 Å². The van der Waals surface area contributed by atoms with Gasteiger partial charge in [0.1, 0.15) is 11.5 Å². The molecule has 0 fully saturated rings. The topological polar surface area (TPSA) is 43.8 Å². The smallest absolute Gasteiger partial charge is 0.131 e. The lowest BCUT2D eigenvalue weighted by Crippen LogP contribution is -2.03. The van der Waals surface area contributed by atoms with E-state index in [4.69, 9.17) is 5.73 Å². The highest BCUT2D eigenvalue weighted by molar-refractivity contribution is 9.10. The van der Waals surface area contributed by atoms with Crippen molar-refractivity contribution in [1.82, 2.24) is 9.55 Å². The average molecular weight is 342 g/mol. The monoisotopic (exact) mass is 341 g/mol. The Kier molecular flexibility index (Phi) is 3.80. The van der Waals surface area contributed by atoms with E-state index in [1.165, 1.54) is 11.1 Å². The van der Waals surface area contributed by atoms with E-state index in [0.29, 0.717) is 5.82 Å². The van der Waals surface area contributed by atoms with Crippen LogP contribution < -0.4 is 5.73 Å². The van der Waals surface area contributed by atoms with Crippen molar-refractivity contribution in [2.45, 2.75) is 13.5 Å². The van der Waals surface area contributed by atoms with Crippen LogP contribution in [0.5, 0.6) is 0 Å². The maximum Gasteiger partial charge on any atom is 0.131 e. The Balaban J connectivity index is 1.96. The normalized spacial score (nSPS) is 10.8. The van der Waals surface area contributed by atoms with E-state index in [-0.39, 0.29) is 0 Å². The number of imidazole rings is 1. The van der Waals surface area contributed by atoms with Crippen molar-refractivity contribution in [3.05, 3.63) is 70.5 Å². The second-order valence-corrected chi connectivity index (χ2v) is 5.93. The van der Waals surface area contributed by atoms with Gasteiger partial charge in [-0.1, -0.05) is 58.4 Å². The third-order valence-corrected chi connectivity index (χ3v) is 4.11. The molecule has 2 N–H and O–H groups in total. The molecule has 0 radical (unpaired) electrons. The molecule has 106 valence electrons. The minimum atomic E-state index is 0.684. The van der Waals surface area contributed by atoms with Gasteiger partial charge in [-0.25, -0.2) is 4.98 Å². The van der Waals surface area contributed by atoms with Gasteiger partial charge < -0.3 is 10.3 Å². The number of benzene rings is 2. The van der Waals surface area contributed by atoms with Crippen LogP contribution in [0.15, 0.2) is 59.3 Å². The van der Waals surface area contributed by atoms with Crippen LogP contribution in [0.4, 0.5) is 5.82 Å². The standard InChI is InChI=1S/C17H16BrN3/c1-12-7-8-14(15(18)9-12)16-17(19)21(11-20-16)10-13-5-3-2-4-6-13/h2-9,11H,10,19H2,1H3. The number of hydrogen-bond acceptors (Lipinski definition) is 2. The SMILES string of the molecule is Cc1ccc(-c2ncn(Cc3ccccc3)c2N)c(Br)c1. The zero-order valence-electron chi connectivity index (χ0n) is 11.8. The van der Waals surface area contributed by atoms with E-state index in [2.05, 4.69) is 52.1 Å². The van der Waals surface area contributed by atoms with Gasteiger partial charge in [-0.2, -0.15) is 0 Å². The largest absolute Gasteiger partial charge is 0.383 e. The highest BCUT2D eigenvalue weighted by atomic mass is 79.9. The number of nitrogens with zero attached hydrogens (tertiary/aromatic N) is 2. The lowest BCUT2D eigenvalue weighted by atomic mass is 10.1. The summed E-state index contributed by atoms with van der Waals surface area (Å²) in [6.07, 6.45) is 1.80. The Labute approximate surface area is 132 Å². The highest BCUT2D eigenvalue weighted by Gasteiger charge is 2.12. The molecule has 0 aliphatic rings. The highest BCUT2D eigenvalue weighted by Crippen LogP contribution is 2.31. The molecule has 1 heterocycles. The average Bonchev–Trinajstić information content (AvgIpc) is 2.82.